The Morgan fingerprint density at radius 3 is 2.61 bits per heavy atom. The fourth-order valence-electron chi connectivity index (χ4n) is 2.04. The Kier molecular flexibility index (Phi) is 3.61. The van der Waals surface area contributed by atoms with E-state index in [0.29, 0.717) is 5.82 Å². The monoisotopic (exact) mass is 320 g/mol. The number of hydrogen-bond acceptors (Lipinski definition) is 5. The van der Waals surface area contributed by atoms with Crippen LogP contribution in [0.2, 0.25) is 0 Å². The standard InChI is InChI=1S/C14H11F3N6/c15-14(16,17)9-3-1-2-4-10(9)22-12-11(18)13(21-7-20-12)23-6-5-19-8-23/h1-8H,18H2,(H,20,21,22). The summed E-state index contributed by atoms with van der Waals surface area (Å²) in [6, 6.07) is 5.09. The molecule has 0 radical (unpaired) electrons. The molecule has 0 bridgehead atoms. The molecule has 6 nitrogen and oxygen atoms in total. The van der Waals surface area contributed by atoms with Crippen molar-refractivity contribution < 1.29 is 13.2 Å². The van der Waals surface area contributed by atoms with Crippen molar-refractivity contribution in [2.45, 2.75) is 6.18 Å². The van der Waals surface area contributed by atoms with E-state index < -0.39 is 11.7 Å². The Bertz CT molecular complexity index is 814. The highest BCUT2D eigenvalue weighted by Gasteiger charge is 2.33. The smallest absolute Gasteiger partial charge is 0.393 e. The molecular formula is C14H11F3N6. The maximum absolute atomic E-state index is 13.0. The first-order chi connectivity index (χ1) is 11.0. The lowest BCUT2D eigenvalue weighted by molar-refractivity contribution is -0.136. The molecule has 3 aromatic rings. The SMILES string of the molecule is Nc1c(Nc2ccccc2C(F)(F)F)ncnc1-n1ccnc1. The van der Waals surface area contributed by atoms with Crippen LogP contribution in [-0.4, -0.2) is 19.5 Å². The number of nitrogens with one attached hydrogen (secondary N) is 1. The maximum Gasteiger partial charge on any atom is 0.418 e. The minimum absolute atomic E-state index is 0.0837. The molecule has 118 valence electrons. The Hall–Kier alpha value is -3.10. The number of nitrogens with zero attached hydrogens (tertiary/aromatic N) is 4. The molecule has 0 spiro atoms. The van der Waals surface area contributed by atoms with Gasteiger partial charge in [-0.2, -0.15) is 13.2 Å². The lowest BCUT2D eigenvalue weighted by Crippen LogP contribution is -2.11. The number of nitrogen functional groups attached to an aromatic ring is 1. The Morgan fingerprint density at radius 1 is 1.13 bits per heavy atom. The third kappa shape index (κ3) is 2.93. The highest BCUT2D eigenvalue weighted by molar-refractivity contribution is 5.75. The van der Waals surface area contributed by atoms with E-state index in [2.05, 4.69) is 20.3 Å². The molecule has 0 aliphatic rings. The number of aromatic nitrogens is 4. The van der Waals surface area contributed by atoms with E-state index in [1.807, 2.05) is 0 Å². The molecule has 3 N–H and O–H groups in total. The average molecular weight is 320 g/mol. The van der Waals surface area contributed by atoms with Crippen molar-refractivity contribution in [1.82, 2.24) is 19.5 Å². The summed E-state index contributed by atoms with van der Waals surface area (Å²) in [5.74, 6) is 0.407. The second kappa shape index (κ2) is 5.59. The first-order valence-electron chi connectivity index (χ1n) is 6.49. The third-order valence-electron chi connectivity index (χ3n) is 3.10. The van der Waals surface area contributed by atoms with Crippen LogP contribution >= 0.6 is 0 Å². The predicted molar refractivity (Wildman–Crippen MR) is 78.3 cm³/mol. The van der Waals surface area contributed by atoms with Gasteiger partial charge < -0.3 is 11.1 Å². The van der Waals surface area contributed by atoms with E-state index in [1.54, 1.807) is 6.20 Å². The van der Waals surface area contributed by atoms with Gasteiger partial charge in [0, 0.05) is 12.4 Å². The van der Waals surface area contributed by atoms with Gasteiger partial charge in [-0.1, -0.05) is 12.1 Å². The molecule has 3 rings (SSSR count). The van der Waals surface area contributed by atoms with Gasteiger partial charge in [-0.3, -0.25) is 4.57 Å². The fraction of sp³-hybridized carbons (Fsp3) is 0.0714. The number of benzene rings is 1. The summed E-state index contributed by atoms with van der Waals surface area (Å²) in [5.41, 5.74) is 5.14. The van der Waals surface area contributed by atoms with Crippen molar-refractivity contribution in [3.05, 3.63) is 54.9 Å². The van der Waals surface area contributed by atoms with E-state index in [0.717, 1.165) is 6.07 Å². The van der Waals surface area contributed by atoms with Crippen LogP contribution in [-0.2, 0) is 6.18 Å². The number of nitrogens with two attached hydrogens (primary N) is 1. The van der Waals surface area contributed by atoms with Gasteiger partial charge in [-0.25, -0.2) is 15.0 Å². The van der Waals surface area contributed by atoms with Crippen LogP contribution in [0.4, 0.5) is 30.4 Å². The van der Waals surface area contributed by atoms with Gasteiger partial charge >= 0.3 is 6.18 Å². The molecule has 0 aliphatic heterocycles. The summed E-state index contributed by atoms with van der Waals surface area (Å²) >= 11 is 0. The highest BCUT2D eigenvalue weighted by atomic mass is 19.4. The van der Waals surface area contributed by atoms with Crippen LogP contribution in [0.15, 0.2) is 49.3 Å². The molecule has 2 heterocycles. The number of imidazole rings is 1. The third-order valence-corrected chi connectivity index (χ3v) is 3.10. The summed E-state index contributed by atoms with van der Waals surface area (Å²) in [7, 11) is 0. The van der Waals surface area contributed by atoms with Crippen LogP contribution < -0.4 is 11.1 Å². The van der Waals surface area contributed by atoms with E-state index >= 15 is 0 Å². The number of hydrogen-bond donors (Lipinski definition) is 2. The van der Waals surface area contributed by atoms with Gasteiger partial charge in [0.1, 0.15) is 18.3 Å². The van der Waals surface area contributed by atoms with Gasteiger partial charge in [0.25, 0.3) is 0 Å². The molecule has 0 atom stereocenters. The van der Waals surface area contributed by atoms with Crippen molar-refractivity contribution >= 4 is 17.2 Å². The minimum Gasteiger partial charge on any atom is -0.393 e. The molecule has 9 heteroatoms. The second-order valence-electron chi connectivity index (χ2n) is 4.60. The number of rotatable bonds is 3. The average Bonchev–Trinajstić information content (AvgIpc) is 3.03. The molecule has 1 aromatic carbocycles. The largest absolute Gasteiger partial charge is 0.418 e. The van der Waals surface area contributed by atoms with Crippen molar-refractivity contribution in [2.24, 2.45) is 0 Å². The predicted octanol–water partition coefficient (Wildman–Crippen LogP) is 3.01. The summed E-state index contributed by atoms with van der Waals surface area (Å²) in [6.45, 7) is 0. The lowest BCUT2D eigenvalue weighted by atomic mass is 10.1. The van der Waals surface area contributed by atoms with E-state index in [1.165, 1.54) is 41.6 Å². The van der Waals surface area contributed by atoms with Gasteiger partial charge in [0.15, 0.2) is 11.6 Å². The van der Waals surface area contributed by atoms with Gasteiger partial charge in [0.2, 0.25) is 0 Å². The topological polar surface area (TPSA) is 81.6 Å². The lowest BCUT2D eigenvalue weighted by Gasteiger charge is -2.15. The van der Waals surface area contributed by atoms with Gasteiger partial charge in [-0.15, -0.1) is 0 Å². The summed E-state index contributed by atoms with van der Waals surface area (Å²) < 4.78 is 40.7. The van der Waals surface area contributed by atoms with Crippen LogP contribution in [0.1, 0.15) is 5.56 Å². The number of halogens is 3. The molecule has 0 unspecified atom stereocenters. The summed E-state index contributed by atoms with van der Waals surface area (Å²) in [4.78, 5) is 11.8. The number of anilines is 3. The van der Waals surface area contributed by atoms with E-state index in [9.17, 15) is 13.2 Å². The molecular weight excluding hydrogens is 309 g/mol. The zero-order valence-corrected chi connectivity index (χ0v) is 11.6. The van der Waals surface area contributed by atoms with Crippen LogP contribution in [0, 0.1) is 0 Å². The first-order valence-corrected chi connectivity index (χ1v) is 6.49. The van der Waals surface area contributed by atoms with Crippen LogP contribution in [0.3, 0.4) is 0 Å². The van der Waals surface area contributed by atoms with Crippen LogP contribution in [0.5, 0.6) is 0 Å². The molecule has 0 aliphatic carbocycles. The van der Waals surface area contributed by atoms with Crippen molar-refractivity contribution in [1.29, 1.82) is 0 Å². The maximum atomic E-state index is 13.0. The van der Waals surface area contributed by atoms with Crippen molar-refractivity contribution in [3.8, 4) is 5.82 Å². The quantitative estimate of drug-likeness (QED) is 0.775. The fourth-order valence-corrected chi connectivity index (χ4v) is 2.04. The van der Waals surface area contributed by atoms with Gasteiger partial charge in [-0.05, 0) is 12.1 Å². The number of para-hydroxylation sites is 1. The molecule has 0 amide bonds. The summed E-state index contributed by atoms with van der Waals surface area (Å²) in [5, 5.41) is 2.62. The molecule has 23 heavy (non-hydrogen) atoms. The molecule has 2 aromatic heterocycles. The number of alkyl halides is 3. The summed E-state index contributed by atoms with van der Waals surface area (Å²) in [6.07, 6.45) is 1.36. The van der Waals surface area contributed by atoms with E-state index in [-0.39, 0.29) is 17.2 Å². The van der Waals surface area contributed by atoms with Crippen LogP contribution in [0.25, 0.3) is 5.82 Å². The van der Waals surface area contributed by atoms with Gasteiger partial charge in [0.05, 0.1) is 11.3 Å². The Balaban J connectivity index is 2.01. The zero-order valence-electron chi connectivity index (χ0n) is 11.6. The normalized spacial score (nSPS) is 11.4. The second-order valence-corrected chi connectivity index (χ2v) is 4.60. The minimum atomic E-state index is -4.49. The first kappa shape index (κ1) is 14.8. The molecule has 0 saturated carbocycles. The van der Waals surface area contributed by atoms with E-state index in [4.69, 9.17) is 5.73 Å². The Morgan fingerprint density at radius 2 is 1.91 bits per heavy atom. The van der Waals surface area contributed by atoms with Crippen molar-refractivity contribution in [2.75, 3.05) is 11.1 Å². The van der Waals surface area contributed by atoms with Crippen molar-refractivity contribution in [3.63, 3.8) is 0 Å². The zero-order chi connectivity index (χ0) is 16.4. The molecule has 0 saturated heterocycles. The Labute approximate surface area is 128 Å². The molecule has 0 fully saturated rings. The highest BCUT2D eigenvalue weighted by Crippen LogP contribution is 2.36.